The Bertz CT molecular complexity index is 1120. The molecular weight excluding hydrogens is 483 g/mol. The number of guanidine groups is 1. The molecule has 0 fully saturated rings. The van der Waals surface area contributed by atoms with Crippen LogP contribution in [-0.2, 0) is 22.1 Å². The van der Waals surface area contributed by atoms with Gasteiger partial charge in [-0.2, -0.15) is 13.2 Å². The van der Waals surface area contributed by atoms with E-state index in [0.29, 0.717) is 22.7 Å². The summed E-state index contributed by atoms with van der Waals surface area (Å²) in [4.78, 5) is 41.4. The molecule has 0 radical (unpaired) electrons. The van der Waals surface area contributed by atoms with E-state index in [1.54, 1.807) is 44.2 Å². The molecule has 0 heterocycles. The SMILES string of the molecule is CC(C)COC(=O)N(NC(=O)c1cc(N=C(N)N)cc(C(F)(F)F)c1)C(Cc1ccccc1)C(=O)O. The van der Waals surface area contributed by atoms with Crippen LogP contribution in [0.3, 0.4) is 0 Å². The maximum Gasteiger partial charge on any atom is 0.429 e. The van der Waals surface area contributed by atoms with Crippen molar-refractivity contribution >= 4 is 29.6 Å². The van der Waals surface area contributed by atoms with Crippen molar-refractivity contribution in [3.05, 3.63) is 65.2 Å². The average Bonchev–Trinajstić information content (AvgIpc) is 2.78. The molecule has 2 aromatic rings. The van der Waals surface area contributed by atoms with Crippen molar-refractivity contribution in [2.24, 2.45) is 22.4 Å². The zero-order valence-corrected chi connectivity index (χ0v) is 19.5. The Morgan fingerprint density at radius 3 is 2.28 bits per heavy atom. The third-order valence-corrected chi connectivity index (χ3v) is 4.59. The number of carbonyl (C=O) groups excluding carboxylic acids is 2. The number of carbonyl (C=O) groups is 3. The van der Waals surface area contributed by atoms with Gasteiger partial charge in [0.05, 0.1) is 17.9 Å². The Labute approximate surface area is 204 Å². The highest BCUT2D eigenvalue weighted by Crippen LogP contribution is 2.33. The molecule has 0 aliphatic heterocycles. The number of rotatable bonds is 8. The molecule has 0 aromatic heterocycles. The van der Waals surface area contributed by atoms with Crippen molar-refractivity contribution in [1.29, 1.82) is 0 Å². The van der Waals surface area contributed by atoms with Gasteiger partial charge in [-0.15, -0.1) is 0 Å². The Morgan fingerprint density at radius 2 is 1.75 bits per heavy atom. The molecule has 194 valence electrons. The van der Waals surface area contributed by atoms with E-state index in [1.165, 1.54) is 0 Å². The quantitative estimate of drug-likeness (QED) is 0.242. The average molecular weight is 509 g/mol. The number of amides is 2. The minimum atomic E-state index is -4.85. The van der Waals surface area contributed by atoms with Gasteiger partial charge in [0.1, 0.15) is 0 Å². The van der Waals surface area contributed by atoms with Gasteiger partial charge in [0.15, 0.2) is 12.0 Å². The van der Waals surface area contributed by atoms with Gasteiger partial charge in [0.25, 0.3) is 5.91 Å². The summed E-state index contributed by atoms with van der Waals surface area (Å²) < 4.78 is 45.3. The molecule has 0 saturated carbocycles. The van der Waals surface area contributed by atoms with Crippen molar-refractivity contribution in [2.75, 3.05) is 6.61 Å². The summed E-state index contributed by atoms with van der Waals surface area (Å²) in [6.07, 6.45) is -6.27. The lowest BCUT2D eigenvalue weighted by Crippen LogP contribution is -2.56. The summed E-state index contributed by atoms with van der Waals surface area (Å²) in [6, 6.07) is 8.70. The van der Waals surface area contributed by atoms with Gasteiger partial charge < -0.3 is 21.3 Å². The second kappa shape index (κ2) is 11.9. The first-order valence-corrected chi connectivity index (χ1v) is 10.6. The first-order valence-electron chi connectivity index (χ1n) is 10.6. The fraction of sp³-hybridized carbons (Fsp3) is 0.304. The zero-order chi connectivity index (χ0) is 27.0. The van der Waals surface area contributed by atoms with E-state index in [0.717, 1.165) is 6.07 Å². The molecule has 2 amide bonds. The third-order valence-electron chi connectivity index (χ3n) is 4.59. The maximum absolute atomic E-state index is 13.4. The Kier molecular flexibility index (Phi) is 9.25. The molecule has 10 nitrogen and oxygen atoms in total. The lowest BCUT2D eigenvalue weighted by Gasteiger charge is -2.29. The van der Waals surface area contributed by atoms with E-state index >= 15 is 0 Å². The summed E-state index contributed by atoms with van der Waals surface area (Å²) in [5.41, 5.74) is 10.9. The normalized spacial score (nSPS) is 11.9. The lowest BCUT2D eigenvalue weighted by molar-refractivity contribution is -0.143. The molecule has 1 atom stereocenters. The number of nitrogens with zero attached hydrogens (tertiary/aromatic N) is 2. The van der Waals surface area contributed by atoms with Crippen LogP contribution in [0.1, 0.15) is 35.3 Å². The molecule has 2 aromatic carbocycles. The van der Waals surface area contributed by atoms with Crippen LogP contribution < -0.4 is 16.9 Å². The van der Waals surface area contributed by atoms with E-state index in [4.69, 9.17) is 16.2 Å². The molecule has 0 saturated heterocycles. The fourth-order valence-corrected chi connectivity index (χ4v) is 2.98. The number of benzene rings is 2. The van der Waals surface area contributed by atoms with Gasteiger partial charge in [-0.25, -0.2) is 19.6 Å². The zero-order valence-electron chi connectivity index (χ0n) is 19.5. The van der Waals surface area contributed by atoms with Gasteiger partial charge in [0, 0.05) is 12.0 Å². The second-order valence-electron chi connectivity index (χ2n) is 8.13. The monoisotopic (exact) mass is 509 g/mol. The van der Waals surface area contributed by atoms with E-state index < -0.39 is 47.3 Å². The number of aliphatic carboxylic acids is 1. The van der Waals surface area contributed by atoms with E-state index in [-0.39, 0.29) is 24.6 Å². The Hall–Kier alpha value is -4.29. The number of hydrogen-bond acceptors (Lipinski definition) is 5. The predicted molar refractivity (Wildman–Crippen MR) is 124 cm³/mol. The van der Waals surface area contributed by atoms with Gasteiger partial charge in [0.2, 0.25) is 0 Å². The fourth-order valence-electron chi connectivity index (χ4n) is 2.98. The number of nitrogens with one attached hydrogen (secondary N) is 1. The van der Waals surface area contributed by atoms with Crippen LogP contribution in [0.2, 0.25) is 0 Å². The number of hydrogen-bond donors (Lipinski definition) is 4. The molecule has 13 heteroatoms. The topological polar surface area (TPSA) is 160 Å². The minimum absolute atomic E-state index is 0.0962. The van der Waals surface area contributed by atoms with Crippen LogP contribution in [-0.4, -0.2) is 46.7 Å². The second-order valence-corrected chi connectivity index (χ2v) is 8.13. The van der Waals surface area contributed by atoms with Gasteiger partial charge >= 0.3 is 18.2 Å². The van der Waals surface area contributed by atoms with Crippen molar-refractivity contribution in [3.63, 3.8) is 0 Å². The molecule has 0 spiro atoms. The summed E-state index contributed by atoms with van der Waals surface area (Å²) in [7, 11) is 0. The number of nitrogens with two attached hydrogens (primary N) is 2. The Balaban J connectivity index is 2.47. The highest BCUT2D eigenvalue weighted by atomic mass is 19.4. The first-order chi connectivity index (χ1) is 16.8. The minimum Gasteiger partial charge on any atom is -0.480 e. The van der Waals surface area contributed by atoms with Crippen molar-refractivity contribution < 1.29 is 37.4 Å². The third kappa shape index (κ3) is 8.18. The van der Waals surface area contributed by atoms with Crippen LogP contribution >= 0.6 is 0 Å². The number of alkyl halides is 3. The maximum atomic E-state index is 13.4. The molecular formula is C23H26F3N5O5. The molecule has 6 N–H and O–H groups in total. The molecule has 2 rings (SSSR count). The highest BCUT2D eigenvalue weighted by Gasteiger charge is 2.35. The number of carboxylic acids is 1. The summed E-state index contributed by atoms with van der Waals surface area (Å²) in [6.45, 7) is 3.38. The van der Waals surface area contributed by atoms with Gasteiger partial charge in [-0.3, -0.25) is 10.2 Å². The summed E-state index contributed by atoms with van der Waals surface area (Å²) in [5.74, 6) is -3.36. The van der Waals surface area contributed by atoms with Gasteiger partial charge in [-0.05, 0) is 29.7 Å². The first kappa shape index (κ1) is 28.0. The lowest BCUT2D eigenvalue weighted by atomic mass is 10.1. The number of hydrazine groups is 1. The number of halogens is 3. The van der Waals surface area contributed by atoms with Crippen LogP contribution in [0, 0.1) is 5.92 Å². The van der Waals surface area contributed by atoms with Crippen molar-refractivity contribution in [2.45, 2.75) is 32.5 Å². The standard InChI is InChI=1S/C23H26F3N5O5/c1-13(2)12-36-22(35)31(18(20(33)34)8-14-6-4-3-5-7-14)30-19(32)15-9-16(23(24,25)26)11-17(10-15)29-21(27)28/h3-7,9-11,13,18H,8,12H2,1-2H3,(H,30,32)(H,33,34)(H4,27,28,29). The Morgan fingerprint density at radius 1 is 1.11 bits per heavy atom. The largest absolute Gasteiger partial charge is 0.480 e. The van der Waals surface area contributed by atoms with Crippen molar-refractivity contribution in [1.82, 2.24) is 10.4 Å². The van der Waals surface area contributed by atoms with Crippen LogP contribution in [0.4, 0.5) is 23.7 Å². The molecule has 36 heavy (non-hydrogen) atoms. The molecule has 0 aliphatic rings. The predicted octanol–water partition coefficient (Wildman–Crippen LogP) is 3.05. The van der Waals surface area contributed by atoms with E-state index in [2.05, 4.69) is 10.4 Å². The summed E-state index contributed by atoms with van der Waals surface area (Å²) >= 11 is 0. The molecule has 1 unspecified atom stereocenters. The van der Waals surface area contributed by atoms with Crippen LogP contribution in [0.25, 0.3) is 0 Å². The smallest absolute Gasteiger partial charge is 0.429 e. The van der Waals surface area contributed by atoms with Crippen LogP contribution in [0.15, 0.2) is 53.5 Å². The number of aliphatic imine (C=N–C) groups is 1. The van der Waals surface area contributed by atoms with E-state index in [1.807, 2.05) is 0 Å². The number of ether oxygens (including phenoxy) is 1. The molecule has 0 aliphatic carbocycles. The van der Waals surface area contributed by atoms with Crippen LogP contribution in [0.5, 0.6) is 0 Å². The molecule has 0 bridgehead atoms. The van der Waals surface area contributed by atoms with E-state index in [9.17, 15) is 32.7 Å². The highest BCUT2D eigenvalue weighted by molar-refractivity contribution is 5.97. The van der Waals surface area contributed by atoms with Gasteiger partial charge in [-0.1, -0.05) is 44.2 Å². The number of carboxylic acid groups (broad SMARTS) is 1. The summed E-state index contributed by atoms with van der Waals surface area (Å²) in [5, 5.41) is 10.3. The van der Waals surface area contributed by atoms with Crippen molar-refractivity contribution in [3.8, 4) is 0 Å².